The quantitative estimate of drug-likeness (QED) is 0.495. The number of Topliss-reactive ketones (excluding diaryl/α,β-unsaturated/α-hetero) is 1. The molecule has 0 amide bonds. The number of ketones is 1. The Balaban J connectivity index is 2.28. The number of hydrogen-bond acceptors (Lipinski definition) is 2. The highest BCUT2D eigenvalue weighted by atomic mass is 35.6. The van der Waals surface area contributed by atoms with E-state index < -0.39 is 3.79 Å². The molecular formula is C13H10Cl3N2O+. The summed E-state index contributed by atoms with van der Waals surface area (Å²) in [5.74, 6) is -0.0627. The third kappa shape index (κ3) is 3.66. The molecule has 1 aromatic heterocycles. The Morgan fingerprint density at radius 3 is 2.53 bits per heavy atom. The number of halogens is 3. The van der Waals surface area contributed by atoms with Crippen molar-refractivity contribution < 1.29 is 9.36 Å². The van der Waals surface area contributed by atoms with Crippen molar-refractivity contribution >= 4 is 40.6 Å². The van der Waals surface area contributed by atoms with Crippen LogP contribution >= 0.6 is 34.8 Å². The van der Waals surface area contributed by atoms with Crippen LogP contribution in [0.2, 0.25) is 0 Å². The molecule has 0 fully saturated rings. The minimum Gasteiger partial charge on any atom is -0.287 e. The van der Waals surface area contributed by atoms with Crippen LogP contribution in [0, 0.1) is 0 Å². The Morgan fingerprint density at radius 1 is 1.21 bits per heavy atom. The Labute approximate surface area is 125 Å². The summed E-state index contributed by atoms with van der Waals surface area (Å²) in [4.78, 5) is 16.0. The second-order valence-corrected chi connectivity index (χ2v) is 6.16. The molecule has 3 nitrogen and oxygen atoms in total. The monoisotopic (exact) mass is 315 g/mol. The average Bonchev–Trinajstić information content (AvgIpc) is 2.39. The number of nitrogens with zero attached hydrogens (tertiary/aromatic N) is 2. The predicted octanol–water partition coefficient (Wildman–Crippen LogP) is 3.08. The van der Waals surface area contributed by atoms with Crippen molar-refractivity contribution in [3.63, 3.8) is 0 Å². The maximum atomic E-state index is 12.1. The summed E-state index contributed by atoms with van der Waals surface area (Å²) >= 11 is 17.6. The lowest BCUT2D eigenvalue weighted by Crippen LogP contribution is -2.44. The minimum absolute atomic E-state index is 0.0627. The summed E-state index contributed by atoms with van der Waals surface area (Å²) in [5.41, 5.74) is 0.964. The largest absolute Gasteiger partial charge is 0.287 e. The number of aromatic nitrogens is 2. The second-order valence-electron chi connectivity index (χ2n) is 3.88. The fourth-order valence-corrected chi connectivity index (χ4v) is 2.10. The maximum Gasteiger partial charge on any atom is 0.276 e. The van der Waals surface area contributed by atoms with Gasteiger partial charge in [-0.2, -0.15) is 4.57 Å². The summed E-state index contributed by atoms with van der Waals surface area (Å²) in [6, 6.07) is 8.96. The van der Waals surface area contributed by atoms with E-state index in [1.165, 1.54) is 12.4 Å². The standard InChI is InChI=1S/C13H10Cl3N2O/c14-13(15,16)12-8-17-6-7-18(12)9-11(19)10-4-2-1-3-5-10/h1-8H,9H2/q+1. The number of benzene rings is 1. The normalized spacial score (nSPS) is 11.3. The minimum atomic E-state index is -1.62. The molecule has 1 heterocycles. The Bertz CT molecular complexity index is 582. The van der Waals surface area contributed by atoms with E-state index >= 15 is 0 Å². The molecule has 0 N–H and O–H groups in total. The van der Waals surface area contributed by atoms with Gasteiger partial charge < -0.3 is 0 Å². The molecule has 0 aliphatic heterocycles. The van der Waals surface area contributed by atoms with Crippen molar-refractivity contribution in [1.29, 1.82) is 0 Å². The molecular weight excluding hydrogens is 307 g/mol. The molecule has 0 saturated heterocycles. The van der Waals surface area contributed by atoms with E-state index in [2.05, 4.69) is 4.98 Å². The lowest BCUT2D eigenvalue weighted by Gasteiger charge is -2.09. The van der Waals surface area contributed by atoms with Crippen LogP contribution in [0.15, 0.2) is 48.9 Å². The first kappa shape index (κ1) is 14.3. The van der Waals surface area contributed by atoms with Gasteiger partial charge in [0, 0.05) is 5.56 Å². The lowest BCUT2D eigenvalue weighted by molar-refractivity contribution is -0.691. The molecule has 0 unspecified atom stereocenters. The Morgan fingerprint density at radius 2 is 1.89 bits per heavy atom. The highest BCUT2D eigenvalue weighted by Gasteiger charge is 2.34. The topological polar surface area (TPSA) is 33.8 Å². The van der Waals surface area contributed by atoms with E-state index in [1.807, 2.05) is 6.07 Å². The van der Waals surface area contributed by atoms with Gasteiger partial charge in [-0.15, -0.1) is 0 Å². The van der Waals surface area contributed by atoms with Crippen molar-refractivity contribution in [2.75, 3.05) is 0 Å². The molecule has 1 aromatic carbocycles. The summed E-state index contributed by atoms with van der Waals surface area (Å²) in [7, 11) is 0. The lowest BCUT2D eigenvalue weighted by atomic mass is 10.1. The summed E-state index contributed by atoms with van der Waals surface area (Å²) in [6.07, 6.45) is 4.58. The van der Waals surface area contributed by atoms with Crippen LogP contribution in [-0.4, -0.2) is 10.8 Å². The SMILES string of the molecule is O=C(C[n+]1ccncc1C(Cl)(Cl)Cl)c1ccccc1. The van der Waals surface area contributed by atoms with Crippen molar-refractivity contribution in [3.8, 4) is 0 Å². The van der Waals surface area contributed by atoms with Crippen molar-refractivity contribution in [2.24, 2.45) is 0 Å². The number of alkyl halides is 3. The van der Waals surface area contributed by atoms with E-state index in [0.717, 1.165) is 0 Å². The summed E-state index contributed by atoms with van der Waals surface area (Å²) in [6.45, 7) is 0.0930. The molecule has 2 aromatic rings. The van der Waals surface area contributed by atoms with Gasteiger partial charge >= 0.3 is 0 Å². The van der Waals surface area contributed by atoms with Gasteiger partial charge in [-0.25, -0.2) is 0 Å². The number of carbonyl (C=O) groups is 1. The van der Waals surface area contributed by atoms with E-state index in [-0.39, 0.29) is 12.3 Å². The number of hydrogen-bond donors (Lipinski definition) is 0. The third-order valence-corrected chi connectivity index (χ3v) is 3.12. The van der Waals surface area contributed by atoms with Crippen LogP contribution in [0.1, 0.15) is 16.1 Å². The van der Waals surface area contributed by atoms with Crippen LogP contribution in [0.5, 0.6) is 0 Å². The average molecular weight is 317 g/mol. The van der Waals surface area contributed by atoms with E-state index in [9.17, 15) is 4.79 Å². The molecule has 6 heteroatoms. The summed E-state index contributed by atoms with van der Waals surface area (Å²) in [5, 5.41) is 0. The molecule has 0 saturated carbocycles. The van der Waals surface area contributed by atoms with Gasteiger partial charge in [0.05, 0.1) is 12.4 Å². The Kier molecular flexibility index (Phi) is 4.40. The highest BCUT2D eigenvalue weighted by Crippen LogP contribution is 2.35. The molecule has 0 aliphatic rings. The first-order valence-electron chi connectivity index (χ1n) is 5.47. The first-order valence-corrected chi connectivity index (χ1v) is 6.61. The second kappa shape index (κ2) is 5.87. The zero-order valence-corrected chi connectivity index (χ0v) is 12.0. The van der Waals surface area contributed by atoms with Crippen LogP contribution in [-0.2, 0) is 10.3 Å². The zero-order chi connectivity index (χ0) is 13.9. The van der Waals surface area contributed by atoms with Crippen molar-refractivity contribution in [1.82, 2.24) is 4.98 Å². The van der Waals surface area contributed by atoms with Gasteiger partial charge in [0.1, 0.15) is 0 Å². The number of rotatable bonds is 3. The molecule has 2 rings (SSSR count). The van der Waals surface area contributed by atoms with Gasteiger partial charge in [-0.1, -0.05) is 65.1 Å². The van der Waals surface area contributed by atoms with Gasteiger partial charge in [0.25, 0.3) is 9.49 Å². The molecule has 0 aliphatic carbocycles. The summed E-state index contributed by atoms with van der Waals surface area (Å²) < 4.78 is -0.0411. The smallest absolute Gasteiger partial charge is 0.276 e. The zero-order valence-electron chi connectivity index (χ0n) is 9.76. The van der Waals surface area contributed by atoms with Crippen LogP contribution in [0.3, 0.4) is 0 Å². The fraction of sp³-hybridized carbons (Fsp3) is 0.154. The van der Waals surface area contributed by atoms with E-state index in [0.29, 0.717) is 11.3 Å². The van der Waals surface area contributed by atoms with Gasteiger partial charge in [-0.3, -0.25) is 9.78 Å². The number of carbonyl (C=O) groups excluding carboxylic acids is 1. The van der Waals surface area contributed by atoms with E-state index in [4.69, 9.17) is 34.8 Å². The van der Waals surface area contributed by atoms with Gasteiger partial charge in [0.15, 0.2) is 6.20 Å². The van der Waals surface area contributed by atoms with Crippen LogP contribution in [0.4, 0.5) is 0 Å². The highest BCUT2D eigenvalue weighted by molar-refractivity contribution is 6.66. The molecule has 98 valence electrons. The fourth-order valence-electron chi connectivity index (χ4n) is 1.63. The van der Waals surface area contributed by atoms with Crippen molar-refractivity contribution in [2.45, 2.75) is 10.3 Å². The molecule has 0 atom stereocenters. The van der Waals surface area contributed by atoms with E-state index in [1.54, 1.807) is 35.0 Å². The molecule has 19 heavy (non-hydrogen) atoms. The van der Waals surface area contributed by atoms with Crippen molar-refractivity contribution in [3.05, 3.63) is 60.2 Å². The maximum absolute atomic E-state index is 12.1. The third-order valence-electron chi connectivity index (χ3n) is 2.54. The van der Waals surface area contributed by atoms with Gasteiger partial charge in [-0.05, 0) is 0 Å². The van der Waals surface area contributed by atoms with Gasteiger partial charge in [0.2, 0.25) is 12.3 Å². The molecule has 0 radical (unpaired) electrons. The Hall–Kier alpha value is -1.16. The predicted molar refractivity (Wildman–Crippen MR) is 74.4 cm³/mol. The van der Waals surface area contributed by atoms with Crippen LogP contribution in [0.25, 0.3) is 0 Å². The van der Waals surface area contributed by atoms with Crippen LogP contribution < -0.4 is 4.57 Å². The molecule has 0 spiro atoms. The molecule has 0 bridgehead atoms. The first-order chi connectivity index (χ1) is 8.98.